The van der Waals surface area contributed by atoms with Crippen LogP contribution in [0.4, 0.5) is 0 Å². The molecule has 1 aliphatic rings. The highest BCUT2D eigenvalue weighted by Crippen LogP contribution is 2.32. The average molecular weight is 239 g/mol. The third kappa shape index (κ3) is 3.26. The molecule has 0 N–H and O–H groups in total. The zero-order valence-corrected chi connectivity index (χ0v) is 10.6. The van der Waals surface area contributed by atoms with Gasteiger partial charge in [0, 0.05) is 26.7 Å². The average Bonchev–Trinajstić information content (AvgIpc) is 2.71. The Hall–Kier alpha value is -0.940. The first-order chi connectivity index (χ1) is 8.33. The molecule has 0 bridgehead atoms. The van der Waals surface area contributed by atoms with Crippen LogP contribution in [0.5, 0.6) is 0 Å². The topological polar surface area (TPSA) is 49.2 Å². The van der Waals surface area contributed by atoms with Crippen molar-refractivity contribution in [1.29, 1.82) is 0 Å². The van der Waals surface area contributed by atoms with E-state index in [2.05, 4.69) is 21.7 Å². The summed E-state index contributed by atoms with van der Waals surface area (Å²) in [6.07, 6.45) is 5.58. The molecule has 0 spiro atoms. The maximum Gasteiger partial charge on any atom is 0.133 e. The molecule has 1 heterocycles. The Bertz CT molecular complexity index is 334. The largest absolute Gasteiger partial charge is 0.383 e. The van der Waals surface area contributed by atoms with Crippen molar-refractivity contribution < 1.29 is 9.47 Å². The maximum atomic E-state index is 5.56. The van der Waals surface area contributed by atoms with Crippen LogP contribution in [0.25, 0.3) is 0 Å². The summed E-state index contributed by atoms with van der Waals surface area (Å²) in [7, 11) is 1.71. The molecular formula is C12H21N3O2. The molecule has 0 aliphatic heterocycles. The molecule has 2 rings (SSSR count). The van der Waals surface area contributed by atoms with E-state index in [0.29, 0.717) is 18.6 Å². The highest BCUT2D eigenvalue weighted by molar-refractivity contribution is 4.93. The molecule has 1 saturated carbocycles. The summed E-state index contributed by atoms with van der Waals surface area (Å²) in [5.74, 6) is 1.78. The molecule has 0 aromatic carbocycles. The fraction of sp³-hybridized carbons (Fsp3) is 0.833. The predicted molar refractivity (Wildman–Crippen MR) is 63.7 cm³/mol. The van der Waals surface area contributed by atoms with Gasteiger partial charge in [-0.05, 0) is 25.7 Å². The second-order valence-electron chi connectivity index (χ2n) is 4.55. The molecule has 5 heteroatoms. The number of hydrogen-bond donors (Lipinski definition) is 0. The molecule has 0 amide bonds. The number of ether oxygens (including phenoxy) is 2. The molecule has 96 valence electrons. The maximum absolute atomic E-state index is 5.56. The van der Waals surface area contributed by atoms with E-state index < -0.39 is 0 Å². The minimum Gasteiger partial charge on any atom is -0.383 e. The highest BCUT2D eigenvalue weighted by Gasteiger charge is 2.30. The van der Waals surface area contributed by atoms with E-state index in [0.717, 1.165) is 38.2 Å². The van der Waals surface area contributed by atoms with Crippen molar-refractivity contribution in [3.63, 3.8) is 0 Å². The van der Waals surface area contributed by atoms with Crippen molar-refractivity contribution in [1.82, 2.24) is 14.8 Å². The van der Waals surface area contributed by atoms with Crippen LogP contribution >= 0.6 is 0 Å². The van der Waals surface area contributed by atoms with Crippen LogP contribution in [-0.4, -0.2) is 41.2 Å². The number of hydrogen-bond acceptors (Lipinski definition) is 4. The van der Waals surface area contributed by atoms with Crippen LogP contribution in [0.3, 0.4) is 0 Å². The van der Waals surface area contributed by atoms with E-state index >= 15 is 0 Å². The van der Waals surface area contributed by atoms with Gasteiger partial charge in [-0.15, -0.1) is 10.2 Å². The molecule has 17 heavy (non-hydrogen) atoms. The zero-order chi connectivity index (χ0) is 12.1. The van der Waals surface area contributed by atoms with E-state index in [1.807, 2.05) is 0 Å². The van der Waals surface area contributed by atoms with E-state index in [1.165, 1.54) is 0 Å². The third-order valence-corrected chi connectivity index (χ3v) is 3.30. The number of nitrogens with zero attached hydrogens (tertiary/aromatic N) is 3. The molecule has 0 saturated heterocycles. The lowest BCUT2D eigenvalue weighted by Crippen LogP contribution is -2.33. The van der Waals surface area contributed by atoms with Crippen LogP contribution in [-0.2, 0) is 22.4 Å². The Morgan fingerprint density at radius 1 is 1.47 bits per heavy atom. The molecule has 1 aliphatic carbocycles. The van der Waals surface area contributed by atoms with Gasteiger partial charge >= 0.3 is 0 Å². The Labute approximate surface area is 102 Å². The molecule has 1 aromatic rings. The van der Waals surface area contributed by atoms with Gasteiger partial charge in [-0.3, -0.25) is 0 Å². The summed E-state index contributed by atoms with van der Waals surface area (Å²) in [5, 5.41) is 8.15. The Morgan fingerprint density at radius 2 is 2.29 bits per heavy atom. The second kappa shape index (κ2) is 6.12. The molecule has 5 nitrogen and oxygen atoms in total. The molecular weight excluding hydrogens is 218 g/mol. The first-order valence-electron chi connectivity index (χ1n) is 6.30. The highest BCUT2D eigenvalue weighted by atomic mass is 16.5. The van der Waals surface area contributed by atoms with E-state index in [4.69, 9.17) is 9.47 Å². The van der Waals surface area contributed by atoms with Crippen molar-refractivity contribution >= 4 is 0 Å². The van der Waals surface area contributed by atoms with Crippen molar-refractivity contribution in [2.75, 3.05) is 20.3 Å². The molecule has 0 atom stereocenters. The van der Waals surface area contributed by atoms with Gasteiger partial charge in [-0.25, -0.2) is 0 Å². The van der Waals surface area contributed by atoms with Gasteiger partial charge in [0.05, 0.1) is 12.7 Å². The lowest BCUT2D eigenvalue weighted by Gasteiger charge is -2.34. The lowest BCUT2D eigenvalue weighted by molar-refractivity contribution is -0.0248. The first-order valence-corrected chi connectivity index (χ1v) is 6.30. The predicted octanol–water partition coefficient (Wildman–Crippen LogP) is 1.28. The van der Waals surface area contributed by atoms with Gasteiger partial charge in [-0.2, -0.15) is 0 Å². The SMILES string of the molecule is CCOC1CC(Cc2nncn2CCOC)C1. The van der Waals surface area contributed by atoms with Crippen LogP contribution in [0.1, 0.15) is 25.6 Å². The number of rotatable bonds is 7. The molecule has 1 aromatic heterocycles. The monoisotopic (exact) mass is 239 g/mol. The second-order valence-corrected chi connectivity index (χ2v) is 4.55. The van der Waals surface area contributed by atoms with Gasteiger partial charge in [0.15, 0.2) is 0 Å². The summed E-state index contributed by atoms with van der Waals surface area (Å²) in [4.78, 5) is 0. The Balaban J connectivity index is 1.77. The summed E-state index contributed by atoms with van der Waals surface area (Å²) in [6, 6.07) is 0. The summed E-state index contributed by atoms with van der Waals surface area (Å²) in [6.45, 7) is 4.41. The summed E-state index contributed by atoms with van der Waals surface area (Å²) in [5.41, 5.74) is 0. The van der Waals surface area contributed by atoms with E-state index in [9.17, 15) is 0 Å². The summed E-state index contributed by atoms with van der Waals surface area (Å²) >= 11 is 0. The van der Waals surface area contributed by atoms with Crippen molar-refractivity contribution in [3.05, 3.63) is 12.2 Å². The molecule has 0 unspecified atom stereocenters. The van der Waals surface area contributed by atoms with Crippen LogP contribution < -0.4 is 0 Å². The molecule has 0 radical (unpaired) electrons. The van der Waals surface area contributed by atoms with Gasteiger partial charge in [0.2, 0.25) is 0 Å². The van der Waals surface area contributed by atoms with Crippen LogP contribution in [0, 0.1) is 5.92 Å². The smallest absolute Gasteiger partial charge is 0.133 e. The fourth-order valence-electron chi connectivity index (χ4n) is 2.28. The minimum absolute atomic E-state index is 0.473. The van der Waals surface area contributed by atoms with Crippen LogP contribution in [0.15, 0.2) is 6.33 Å². The summed E-state index contributed by atoms with van der Waals surface area (Å²) < 4.78 is 12.7. The Kier molecular flexibility index (Phi) is 4.50. The standard InChI is InChI=1S/C12H21N3O2/c1-3-17-11-6-10(7-11)8-12-14-13-9-15(12)4-5-16-2/h9-11H,3-8H2,1-2H3. The number of aromatic nitrogens is 3. The minimum atomic E-state index is 0.473. The van der Waals surface area contributed by atoms with Gasteiger partial charge in [0.1, 0.15) is 12.2 Å². The quantitative estimate of drug-likeness (QED) is 0.719. The lowest BCUT2D eigenvalue weighted by atomic mass is 9.80. The zero-order valence-electron chi connectivity index (χ0n) is 10.6. The van der Waals surface area contributed by atoms with Gasteiger partial charge < -0.3 is 14.0 Å². The van der Waals surface area contributed by atoms with Crippen molar-refractivity contribution in [3.8, 4) is 0 Å². The number of methoxy groups -OCH3 is 1. The first kappa shape index (κ1) is 12.5. The van der Waals surface area contributed by atoms with E-state index in [-0.39, 0.29) is 0 Å². The van der Waals surface area contributed by atoms with Gasteiger partial charge in [0.25, 0.3) is 0 Å². The Morgan fingerprint density at radius 3 is 3.00 bits per heavy atom. The van der Waals surface area contributed by atoms with Crippen LogP contribution in [0.2, 0.25) is 0 Å². The third-order valence-electron chi connectivity index (χ3n) is 3.30. The van der Waals surface area contributed by atoms with Gasteiger partial charge in [-0.1, -0.05) is 0 Å². The normalized spacial score (nSPS) is 23.6. The van der Waals surface area contributed by atoms with Crippen molar-refractivity contribution in [2.45, 2.75) is 38.8 Å². The molecule has 1 fully saturated rings. The fourth-order valence-corrected chi connectivity index (χ4v) is 2.28. The van der Waals surface area contributed by atoms with Crippen molar-refractivity contribution in [2.24, 2.45) is 5.92 Å². The van der Waals surface area contributed by atoms with E-state index in [1.54, 1.807) is 13.4 Å².